The van der Waals surface area contributed by atoms with Crippen molar-refractivity contribution in [2.45, 2.75) is 63.0 Å². The van der Waals surface area contributed by atoms with Gasteiger partial charge in [-0.2, -0.15) is 0 Å². The van der Waals surface area contributed by atoms with Crippen molar-refractivity contribution in [3.05, 3.63) is 123 Å². The molecule has 3 aromatic carbocycles. The zero-order chi connectivity index (χ0) is 29.3. The average molecular weight is 586 g/mol. The number of rotatable bonds is 9. The second-order valence-electron chi connectivity index (χ2n) is 11.1. The number of ether oxygens (including phenoxy) is 5. The maximum Gasteiger partial charge on any atom is 0.312 e. The molecule has 2 fully saturated rings. The second kappa shape index (κ2) is 11.7. The number of fused-ring (bicyclic) bond motifs is 1. The smallest absolute Gasteiger partial charge is 0.312 e. The molecule has 0 spiro atoms. The number of carbonyl (C=O) groups excluding carboxylic acids is 1. The second-order valence-corrected chi connectivity index (χ2v) is 12.2. The number of hydrogen-bond donors (Lipinski definition) is 0. The van der Waals surface area contributed by atoms with Crippen LogP contribution in [0.1, 0.15) is 52.2 Å². The van der Waals surface area contributed by atoms with Crippen molar-refractivity contribution in [2.75, 3.05) is 13.7 Å². The zero-order valence-electron chi connectivity index (χ0n) is 24.2. The van der Waals surface area contributed by atoms with Gasteiger partial charge in [-0.15, -0.1) is 11.3 Å². The Morgan fingerprint density at radius 3 is 1.93 bits per heavy atom. The molecule has 0 N–H and O–H groups in total. The van der Waals surface area contributed by atoms with E-state index in [-0.39, 0.29) is 31.2 Å². The summed E-state index contributed by atoms with van der Waals surface area (Å²) in [6.07, 6.45) is -1.41. The lowest BCUT2D eigenvalue weighted by Crippen LogP contribution is -2.39. The molecule has 0 radical (unpaired) electrons. The van der Waals surface area contributed by atoms with Crippen molar-refractivity contribution in [3.8, 4) is 0 Å². The van der Waals surface area contributed by atoms with Crippen molar-refractivity contribution in [3.63, 3.8) is 0 Å². The van der Waals surface area contributed by atoms with Crippen LogP contribution in [0.4, 0.5) is 0 Å². The maximum absolute atomic E-state index is 11.9. The van der Waals surface area contributed by atoms with Gasteiger partial charge in [0, 0.05) is 0 Å². The predicted molar refractivity (Wildman–Crippen MR) is 159 cm³/mol. The van der Waals surface area contributed by atoms with Gasteiger partial charge in [0.1, 0.15) is 35.0 Å². The maximum atomic E-state index is 11.9. The quantitative estimate of drug-likeness (QED) is 0.173. The number of benzene rings is 3. The third-order valence-electron chi connectivity index (χ3n) is 7.81. The van der Waals surface area contributed by atoms with Crippen LogP contribution in [-0.4, -0.2) is 48.8 Å². The van der Waals surface area contributed by atoms with E-state index in [0.717, 1.165) is 27.3 Å². The summed E-state index contributed by atoms with van der Waals surface area (Å²) < 4.78 is 31.5. The molecule has 0 saturated carbocycles. The van der Waals surface area contributed by atoms with Crippen LogP contribution in [0.2, 0.25) is 0 Å². The summed E-state index contributed by atoms with van der Waals surface area (Å²) in [6.45, 7) is 6.03. The normalized spacial score (nSPS) is 23.0. The lowest BCUT2D eigenvalue weighted by atomic mass is 9.80. The number of thiazole rings is 1. The molecule has 0 amide bonds. The summed E-state index contributed by atoms with van der Waals surface area (Å²) in [6, 6.07) is 30.8. The van der Waals surface area contributed by atoms with Crippen molar-refractivity contribution >= 4 is 17.3 Å². The highest BCUT2D eigenvalue weighted by atomic mass is 32.1. The third-order valence-corrected chi connectivity index (χ3v) is 9.03. The monoisotopic (exact) mass is 585 g/mol. The lowest BCUT2D eigenvalue weighted by molar-refractivity contribution is -0.196. The van der Waals surface area contributed by atoms with E-state index in [9.17, 15) is 4.79 Å². The summed E-state index contributed by atoms with van der Waals surface area (Å²) in [5.74, 6) is -1.11. The molecule has 2 aliphatic heterocycles. The first-order chi connectivity index (χ1) is 20.3. The molecule has 2 saturated heterocycles. The molecule has 4 atom stereocenters. The number of methoxy groups -OCH3 is 1. The Kier molecular flexibility index (Phi) is 8.00. The zero-order valence-corrected chi connectivity index (χ0v) is 25.0. The van der Waals surface area contributed by atoms with Gasteiger partial charge in [0.05, 0.1) is 30.7 Å². The van der Waals surface area contributed by atoms with Crippen molar-refractivity contribution in [1.29, 1.82) is 0 Å². The molecule has 1 aromatic heterocycles. The lowest BCUT2D eigenvalue weighted by Gasteiger charge is -2.37. The summed E-state index contributed by atoms with van der Waals surface area (Å²) in [4.78, 5) is 17.5. The van der Waals surface area contributed by atoms with E-state index in [1.165, 1.54) is 18.4 Å². The molecule has 7 nitrogen and oxygen atoms in total. The van der Waals surface area contributed by atoms with Crippen molar-refractivity contribution < 1.29 is 28.5 Å². The molecule has 8 heteroatoms. The molecule has 42 heavy (non-hydrogen) atoms. The van der Waals surface area contributed by atoms with E-state index in [4.69, 9.17) is 23.7 Å². The molecule has 0 unspecified atom stereocenters. The third kappa shape index (κ3) is 5.41. The first kappa shape index (κ1) is 28.7. The van der Waals surface area contributed by atoms with Gasteiger partial charge in [0.15, 0.2) is 5.79 Å². The van der Waals surface area contributed by atoms with Crippen molar-refractivity contribution in [2.24, 2.45) is 0 Å². The average Bonchev–Trinajstić information content (AvgIpc) is 3.64. The Bertz CT molecular complexity index is 1410. The topological polar surface area (TPSA) is 76.1 Å². The predicted octanol–water partition coefficient (Wildman–Crippen LogP) is 6.14. The fourth-order valence-electron chi connectivity index (χ4n) is 6.00. The van der Waals surface area contributed by atoms with Crippen LogP contribution in [0.5, 0.6) is 0 Å². The van der Waals surface area contributed by atoms with Gasteiger partial charge in [0.25, 0.3) is 0 Å². The molecular formula is C34H35NO6S. The largest absolute Gasteiger partial charge is 0.469 e. The molecule has 3 heterocycles. The van der Waals surface area contributed by atoms with Crippen molar-refractivity contribution in [1.82, 2.24) is 4.98 Å². The highest BCUT2D eigenvalue weighted by molar-refractivity contribution is 7.11. The van der Waals surface area contributed by atoms with E-state index in [1.807, 2.05) is 75.4 Å². The van der Waals surface area contributed by atoms with Gasteiger partial charge in [0.2, 0.25) is 0 Å². The molecular weight excluding hydrogens is 550 g/mol. The number of aryl methyl sites for hydroxylation is 1. The Morgan fingerprint density at radius 2 is 1.40 bits per heavy atom. The van der Waals surface area contributed by atoms with Crippen LogP contribution >= 0.6 is 11.3 Å². The Morgan fingerprint density at radius 1 is 0.881 bits per heavy atom. The Hall–Kier alpha value is -3.40. The van der Waals surface area contributed by atoms with Gasteiger partial charge in [-0.1, -0.05) is 91.0 Å². The first-order valence-electron chi connectivity index (χ1n) is 14.2. The summed E-state index contributed by atoms with van der Waals surface area (Å²) in [5, 5.41) is 0.684. The van der Waals surface area contributed by atoms with E-state index in [0.29, 0.717) is 5.01 Å². The molecule has 6 rings (SSSR count). The molecule has 0 bridgehead atoms. The summed E-state index contributed by atoms with van der Waals surface area (Å²) >= 11 is 1.45. The molecule has 0 aliphatic carbocycles. The van der Waals surface area contributed by atoms with Crippen LogP contribution in [-0.2, 0) is 40.5 Å². The number of nitrogens with zero attached hydrogens (tertiary/aromatic N) is 1. The minimum absolute atomic E-state index is 0.117. The van der Waals surface area contributed by atoms with Gasteiger partial charge < -0.3 is 23.7 Å². The van der Waals surface area contributed by atoms with Gasteiger partial charge in [-0.3, -0.25) is 4.79 Å². The van der Waals surface area contributed by atoms with Crippen LogP contribution in [0, 0.1) is 6.92 Å². The number of hydrogen-bond acceptors (Lipinski definition) is 8. The summed E-state index contributed by atoms with van der Waals surface area (Å²) in [5.41, 5.74) is 2.98. The van der Waals surface area contributed by atoms with E-state index in [2.05, 4.69) is 41.4 Å². The fraction of sp³-hybridized carbons (Fsp3) is 0.353. The van der Waals surface area contributed by atoms with Gasteiger partial charge in [-0.05, 0) is 37.5 Å². The summed E-state index contributed by atoms with van der Waals surface area (Å²) in [7, 11) is 1.38. The highest BCUT2D eigenvalue weighted by Gasteiger charge is 2.57. The Labute approximate surface area is 250 Å². The highest BCUT2D eigenvalue weighted by Crippen LogP contribution is 2.48. The minimum atomic E-state index is -0.885. The van der Waals surface area contributed by atoms with Crippen LogP contribution in [0.15, 0.2) is 91.0 Å². The van der Waals surface area contributed by atoms with Gasteiger partial charge in [-0.25, -0.2) is 4.98 Å². The number of carbonyl (C=O) groups is 1. The fourth-order valence-corrected chi connectivity index (χ4v) is 7.13. The standard InChI is InChI=1S/C34H35NO6S/c1-22-32(42-27(35-22)20-28(36)37-4)31-30-29(40-33(2,3)41-30)26(39-31)21-38-34(23-14-8-5-9-15-23,24-16-10-6-11-17-24)25-18-12-7-13-19-25/h5-19,26,29-31H,20-21H2,1-4H3/t26-,29-,30-,31-/m1/s1. The van der Waals surface area contributed by atoms with Gasteiger partial charge >= 0.3 is 5.97 Å². The van der Waals surface area contributed by atoms with Crippen LogP contribution in [0.3, 0.4) is 0 Å². The van der Waals surface area contributed by atoms with E-state index >= 15 is 0 Å². The molecule has 2 aliphatic rings. The van der Waals surface area contributed by atoms with E-state index < -0.39 is 23.6 Å². The van der Waals surface area contributed by atoms with E-state index in [1.54, 1.807) is 0 Å². The SMILES string of the molecule is COC(=O)Cc1nc(C)c([C@@H]2O[C@H](COC(c3ccccc3)(c3ccccc3)c3ccccc3)[C@H]3OC(C)(C)O[C@H]32)s1. The first-order valence-corrected chi connectivity index (χ1v) is 15.0. The number of aromatic nitrogens is 1. The van der Waals surface area contributed by atoms with Crippen LogP contribution < -0.4 is 0 Å². The van der Waals surface area contributed by atoms with Crippen LogP contribution in [0.25, 0.3) is 0 Å². The Balaban J connectivity index is 1.36. The number of esters is 1. The molecule has 218 valence electrons. The molecule has 4 aromatic rings. The minimum Gasteiger partial charge on any atom is -0.469 e.